The molecule has 2 rings (SSSR count). The van der Waals surface area contributed by atoms with E-state index in [1.165, 1.54) is 0 Å². The highest BCUT2D eigenvalue weighted by molar-refractivity contribution is 5.78. The van der Waals surface area contributed by atoms with Crippen molar-refractivity contribution in [2.75, 3.05) is 6.54 Å². The zero-order valence-electron chi connectivity index (χ0n) is 12.2. The smallest absolute Gasteiger partial charge is 0.305 e. The van der Waals surface area contributed by atoms with Crippen LogP contribution in [-0.2, 0) is 9.59 Å². The van der Waals surface area contributed by atoms with Crippen LogP contribution in [0.1, 0.15) is 29.9 Å². The zero-order valence-corrected chi connectivity index (χ0v) is 12.2. The van der Waals surface area contributed by atoms with Gasteiger partial charge in [-0.2, -0.15) is 0 Å². The Morgan fingerprint density at radius 1 is 0.909 bits per heavy atom. The second-order valence-electron chi connectivity index (χ2n) is 5.07. The number of carbonyl (C=O) groups is 2. The third-order valence-corrected chi connectivity index (χ3v) is 3.45. The van der Waals surface area contributed by atoms with Gasteiger partial charge in [-0.05, 0) is 11.1 Å². The Balaban J connectivity index is 2.09. The van der Waals surface area contributed by atoms with Crippen LogP contribution in [-0.4, -0.2) is 23.5 Å². The topological polar surface area (TPSA) is 66.4 Å². The van der Waals surface area contributed by atoms with Crippen LogP contribution in [0.25, 0.3) is 0 Å². The van der Waals surface area contributed by atoms with E-state index in [0.29, 0.717) is 6.42 Å². The van der Waals surface area contributed by atoms with Crippen LogP contribution >= 0.6 is 0 Å². The molecule has 0 saturated carbocycles. The lowest BCUT2D eigenvalue weighted by molar-refractivity contribution is -0.136. The van der Waals surface area contributed by atoms with E-state index in [4.69, 9.17) is 5.11 Å². The van der Waals surface area contributed by atoms with Crippen molar-refractivity contribution in [2.45, 2.75) is 18.8 Å². The van der Waals surface area contributed by atoms with Crippen molar-refractivity contribution in [1.82, 2.24) is 5.32 Å². The number of aliphatic carboxylic acids is 1. The van der Waals surface area contributed by atoms with E-state index >= 15 is 0 Å². The van der Waals surface area contributed by atoms with E-state index in [1.54, 1.807) is 0 Å². The minimum atomic E-state index is -0.914. The number of nitrogens with one attached hydrogen (secondary N) is 1. The summed E-state index contributed by atoms with van der Waals surface area (Å²) in [6, 6.07) is 19.7. The van der Waals surface area contributed by atoms with E-state index in [2.05, 4.69) is 5.32 Å². The highest BCUT2D eigenvalue weighted by atomic mass is 16.4. The molecule has 2 aromatic carbocycles. The molecule has 0 spiro atoms. The maximum Gasteiger partial charge on any atom is 0.305 e. The predicted molar refractivity (Wildman–Crippen MR) is 84.6 cm³/mol. The quantitative estimate of drug-likeness (QED) is 0.826. The highest BCUT2D eigenvalue weighted by Crippen LogP contribution is 2.27. The molecule has 0 saturated heterocycles. The van der Waals surface area contributed by atoms with E-state index in [-0.39, 0.29) is 24.8 Å². The van der Waals surface area contributed by atoms with Crippen LogP contribution in [0.3, 0.4) is 0 Å². The summed E-state index contributed by atoms with van der Waals surface area (Å²) in [5, 5.41) is 11.3. The Morgan fingerprint density at radius 3 is 1.86 bits per heavy atom. The minimum Gasteiger partial charge on any atom is -0.481 e. The Kier molecular flexibility index (Phi) is 5.72. The SMILES string of the molecule is O=C(O)CCNC(=O)CC(c1ccccc1)c1ccccc1. The second-order valence-corrected chi connectivity index (χ2v) is 5.07. The number of carbonyl (C=O) groups excluding carboxylic acids is 1. The molecule has 2 N–H and O–H groups in total. The first-order valence-electron chi connectivity index (χ1n) is 7.25. The van der Waals surface area contributed by atoms with Crippen molar-refractivity contribution in [3.63, 3.8) is 0 Å². The van der Waals surface area contributed by atoms with Crippen LogP contribution in [0.4, 0.5) is 0 Å². The molecule has 0 aromatic heterocycles. The summed E-state index contributed by atoms with van der Waals surface area (Å²) in [6.45, 7) is 0.157. The maximum absolute atomic E-state index is 12.1. The van der Waals surface area contributed by atoms with Gasteiger partial charge in [0.05, 0.1) is 6.42 Å². The van der Waals surface area contributed by atoms with Gasteiger partial charge in [0.1, 0.15) is 0 Å². The minimum absolute atomic E-state index is 0.0350. The molecule has 0 fully saturated rings. The molecular formula is C18H19NO3. The standard InChI is InChI=1S/C18H19NO3/c20-17(19-12-11-18(21)22)13-16(14-7-3-1-4-8-14)15-9-5-2-6-10-15/h1-10,16H,11-13H2,(H,19,20)(H,21,22). The number of carboxylic acids is 1. The van der Waals surface area contributed by atoms with Gasteiger partial charge in [0.2, 0.25) is 5.91 Å². The number of carboxylic acid groups (broad SMARTS) is 1. The average molecular weight is 297 g/mol. The fraction of sp³-hybridized carbons (Fsp3) is 0.222. The third kappa shape index (κ3) is 4.74. The van der Waals surface area contributed by atoms with Crippen molar-refractivity contribution in [3.8, 4) is 0 Å². The molecule has 0 aliphatic heterocycles. The van der Waals surface area contributed by atoms with Crippen LogP contribution in [0, 0.1) is 0 Å². The van der Waals surface area contributed by atoms with Crippen molar-refractivity contribution in [1.29, 1.82) is 0 Å². The molecule has 0 heterocycles. The number of benzene rings is 2. The van der Waals surface area contributed by atoms with Gasteiger partial charge in [0.15, 0.2) is 0 Å². The summed E-state index contributed by atoms with van der Waals surface area (Å²) in [5.41, 5.74) is 2.14. The van der Waals surface area contributed by atoms with E-state index in [1.807, 2.05) is 60.7 Å². The Hall–Kier alpha value is -2.62. The van der Waals surface area contributed by atoms with Crippen molar-refractivity contribution < 1.29 is 14.7 Å². The van der Waals surface area contributed by atoms with Crippen molar-refractivity contribution >= 4 is 11.9 Å². The summed E-state index contributed by atoms with van der Waals surface area (Å²) in [6.07, 6.45) is 0.237. The first kappa shape index (κ1) is 15.8. The highest BCUT2D eigenvalue weighted by Gasteiger charge is 2.17. The number of rotatable bonds is 7. The second kappa shape index (κ2) is 7.98. The van der Waals surface area contributed by atoms with Crippen LogP contribution in [0.2, 0.25) is 0 Å². The maximum atomic E-state index is 12.1. The molecule has 0 bridgehead atoms. The Bertz CT molecular complexity index is 571. The third-order valence-electron chi connectivity index (χ3n) is 3.45. The summed E-state index contributed by atoms with van der Waals surface area (Å²) < 4.78 is 0. The molecule has 114 valence electrons. The molecule has 4 nitrogen and oxygen atoms in total. The number of hydrogen-bond donors (Lipinski definition) is 2. The molecule has 2 aromatic rings. The monoisotopic (exact) mass is 297 g/mol. The lowest BCUT2D eigenvalue weighted by atomic mass is 9.88. The predicted octanol–water partition coefficient (Wildman–Crippen LogP) is 2.80. The molecule has 0 atom stereocenters. The lowest BCUT2D eigenvalue weighted by Crippen LogP contribution is -2.27. The lowest BCUT2D eigenvalue weighted by Gasteiger charge is -2.17. The first-order chi connectivity index (χ1) is 10.7. The summed E-state index contributed by atoms with van der Waals surface area (Å²) in [5.74, 6) is -1.09. The van der Waals surface area contributed by atoms with Crippen molar-refractivity contribution in [3.05, 3.63) is 71.8 Å². The van der Waals surface area contributed by atoms with Crippen LogP contribution < -0.4 is 5.32 Å². The molecule has 0 radical (unpaired) electrons. The van der Waals surface area contributed by atoms with Gasteiger partial charge in [-0.15, -0.1) is 0 Å². The van der Waals surface area contributed by atoms with Gasteiger partial charge in [-0.25, -0.2) is 0 Å². The van der Waals surface area contributed by atoms with Gasteiger partial charge in [-0.3, -0.25) is 9.59 Å². The van der Waals surface area contributed by atoms with E-state index < -0.39 is 5.97 Å². The van der Waals surface area contributed by atoms with Crippen LogP contribution in [0.5, 0.6) is 0 Å². The van der Waals surface area contributed by atoms with Gasteiger partial charge in [0, 0.05) is 18.9 Å². The molecule has 0 aliphatic carbocycles. The van der Waals surface area contributed by atoms with Gasteiger partial charge >= 0.3 is 5.97 Å². The van der Waals surface area contributed by atoms with E-state index in [9.17, 15) is 9.59 Å². The fourth-order valence-electron chi connectivity index (χ4n) is 2.37. The summed E-state index contributed by atoms with van der Waals surface area (Å²) >= 11 is 0. The Labute approximate surface area is 129 Å². The van der Waals surface area contributed by atoms with E-state index in [0.717, 1.165) is 11.1 Å². The van der Waals surface area contributed by atoms with Gasteiger partial charge in [-0.1, -0.05) is 60.7 Å². The molecule has 1 amide bonds. The molecular weight excluding hydrogens is 278 g/mol. The average Bonchev–Trinajstić information content (AvgIpc) is 2.54. The number of hydrogen-bond acceptors (Lipinski definition) is 2. The van der Waals surface area contributed by atoms with Crippen LogP contribution in [0.15, 0.2) is 60.7 Å². The molecule has 22 heavy (non-hydrogen) atoms. The Morgan fingerprint density at radius 2 is 1.41 bits per heavy atom. The van der Waals surface area contributed by atoms with Gasteiger partial charge < -0.3 is 10.4 Å². The zero-order chi connectivity index (χ0) is 15.8. The summed E-state index contributed by atoms with van der Waals surface area (Å²) in [7, 11) is 0. The largest absolute Gasteiger partial charge is 0.481 e. The first-order valence-corrected chi connectivity index (χ1v) is 7.25. The molecule has 0 unspecified atom stereocenters. The normalized spacial score (nSPS) is 10.4. The number of amides is 1. The molecule has 0 aliphatic rings. The van der Waals surface area contributed by atoms with Crippen molar-refractivity contribution in [2.24, 2.45) is 0 Å². The fourth-order valence-corrected chi connectivity index (χ4v) is 2.37. The molecule has 4 heteroatoms. The summed E-state index contributed by atoms with van der Waals surface area (Å²) in [4.78, 5) is 22.6. The van der Waals surface area contributed by atoms with Gasteiger partial charge in [0.25, 0.3) is 0 Å².